The molecule has 0 saturated carbocycles. The molecule has 1 aliphatic heterocycles. The Kier molecular flexibility index (Phi) is 22.7. The van der Waals surface area contributed by atoms with E-state index in [0.29, 0.717) is 11.0 Å². The van der Waals surface area contributed by atoms with Gasteiger partial charge in [-0.25, -0.2) is 0 Å². The molecule has 0 bridgehead atoms. The van der Waals surface area contributed by atoms with Crippen molar-refractivity contribution in [2.45, 2.75) is 148 Å². The number of carbonyl (C=O) groups is 1. The van der Waals surface area contributed by atoms with Gasteiger partial charge in [-0.3, -0.25) is 4.57 Å². The van der Waals surface area contributed by atoms with Crippen LogP contribution in [0.2, 0.25) is 0 Å². The first-order valence-corrected chi connectivity index (χ1v) is 22.8. The maximum atomic E-state index is 11.8. The number of quaternary nitrogens is 1. The zero-order valence-corrected chi connectivity index (χ0v) is 37.4. The summed E-state index contributed by atoms with van der Waals surface area (Å²) in [7, 11) is 1.56. The van der Waals surface area contributed by atoms with Gasteiger partial charge in [-0.05, 0) is 98.3 Å². The smallest absolute Gasteiger partial charge is 0.494 e. The molecule has 1 saturated heterocycles. The number of hydrogen-bond acceptors (Lipinski definition) is 8. The van der Waals surface area contributed by atoms with Crippen LogP contribution >= 0.6 is 30.4 Å². The number of carbonyl (C=O) groups excluding carboxylic acids is 1. The minimum atomic E-state index is -4.16. The van der Waals surface area contributed by atoms with Crippen molar-refractivity contribution in [2.75, 3.05) is 40.9 Å². The average Bonchev–Trinajstić information content (AvgIpc) is 3.31. The number of phosphoric acid groups is 1. The molecule has 0 spiro atoms. The van der Waals surface area contributed by atoms with Gasteiger partial charge in [0.25, 0.3) is 7.82 Å². The van der Waals surface area contributed by atoms with E-state index in [1.165, 1.54) is 101 Å². The maximum absolute atomic E-state index is 11.8. The molecule has 9 nitrogen and oxygen atoms in total. The van der Waals surface area contributed by atoms with E-state index in [-0.39, 0.29) is 37.1 Å². The highest BCUT2D eigenvalue weighted by molar-refractivity contribution is 14.1. The molecule has 1 atom stereocenters. The van der Waals surface area contributed by atoms with Crippen molar-refractivity contribution >= 4 is 49.0 Å². The SMILES string of the molecule is CC1(C)OB(c2ccc(CCCCCCCCCCCCCCCCCCOP(=O)([O-])OCC[N+](C)(C)C)cc2)OC1(C)C.O=C([O-])c1ccc(I)cc1. The number of likely N-dealkylation sites (N-methyl/N-ethyl adjacent to an activating group) is 1. The quantitative estimate of drug-likeness (QED) is 0.0303. The molecular formula is C42H69BINO8P-. The molecule has 1 aliphatic rings. The van der Waals surface area contributed by atoms with Crippen LogP contribution in [-0.4, -0.2) is 69.7 Å². The molecule has 0 radical (unpaired) electrons. The number of carboxylic acid groups (broad SMARTS) is 1. The summed E-state index contributed by atoms with van der Waals surface area (Å²) in [6.45, 7) is 9.40. The summed E-state index contributed by atoms with van der Waals surface area (Å²) in [5, 5.41) is 10.2. The van der Waals surface area contributed by atoms with Crippen molar-refractivity contribution in [3.63, 3.8) is 0 Å². The molecule has 1 heterocycles. The van der Waals surface area contributed by atoms with Crippen LogP contribution in [0, 0.1) is 3.57 Å². The fraction of sp³-hybridized carbons (Fsp3) is 0.690. The van der Waals surface area contributed by atoms with Gasteiger partial charge in [0.2, 0.25) is 0 Å². The Labute approximate surface area is 341 Å². The van der Waals surface area contributed by atoms with Crippen LogP contribution in [0.1, 0.15) is 146 Å². The van der Waals surface area contributed by atoms with Gasteiger partial charge in [0.05, 0.1) is 44.9 Å². The lowest BCUT2D eigenvalue weighted by atomic mass is 9.78. The predicted molar refractivity (Wildman–Crippen MR) is 226 cm³/mol. The van der Waals surface area contributed by atoms with E-state index in [4.69, 9.17) is 18.4 Å². The molecule has 1 unspecified atom stereocenters. The number of hydrogen-bond donors (Lipinski definition) is 0. The zero-order chi connectivity index (χ0) is 40.1. The van der Waals surface area contributed by atoms with Crippen molar-refractivity contribution in [3.05, 3.63) is 63.2 Å². The number of aryl methyl sites for hydroxylation is 1. The van der Waals surface area contributed by atoms with Gasteiger partial charge in [0, 0.05) is 3.57 Å². The summed E-state index contributed by atoms with van der Waals surface area (Å²) in [6.07, 6.45) is 21.3. The molecular weight excluding hydrogens is 815 g/mol. The fourth-order valence-electron chi connectivity index (χ4n) is 5.95. The first-order chi connectivity index (χ1) is 25.4. The average molecular weight is 885 g/mol. The van der Waals surface area contributed by atoms with Crippen LogP contribution in [0.25, 0.3) is 0 Å². The summed E-state index contributed by atoms with van der Waals surface area (Å²) in [5.41, 5.74) is 2.14. The molecule has 0 aliphatic carbocycles. The lowest BCUT2D eigenvalue weighted by molar-refractivity contribution is -0.870. The third-order valence-corrected chi connectivity index (χ3v) is 11.9. The molecule has 54 heavy (non-hydrogen) atoms. The van der Waals surface area contributed by atoms with E-state index in [1.807, 2.05) is 21.1 Å². The second kappa shape index (κ2) is 25.1. The van der Waals surface area contributed by atoms with Crippen molar-refractivity contribution in [1.29, 1.82) is 0 Å². The maximum Gasteiger partial charge on any atom is 0.494 e. The zero-order valence-electron chi connectivity index (χ0n) is 34.4. The summed E-state index contributed by atoms with van der Waals surface area (Å²) in [5.74, 6) is -1.13. The molecule has 3 rings (SSSR count). The van der Waals surface area contributed by atoms with E-state index in [0.717, 1.165) is 34.7 Å². The van der Waals surface area contributed by atoms with E-state index in [2.05, 4.69) is 74.6 Å². The van der Waals surface area contributed by atoms with Crippen molar-refractivity contribution in [1.82, 2.24) is 0 Å². The highest BCUT2D eigenvalue weighted by Crippen LogP contribution is 2.38. The Morgan fingerprint density at radius 3 is 1.52 bits per heavy atom. The second-order valence-electron chi connectivity index (χ2n) is 16.7. The first kappa shape index (κ1) is 48.8. The summed E-state index contributed by atoms with van der Waals surface area (Å²) in [6, 6.07) is 15.3. The first-order valence-electron chi connectivity index (χ1n) is 20.2. The molecule has 0 amide bonds. The van der Waals surface area contributed by atoms with Gasteiger partial charge < -0.3 is 37.6 Å². The van der Waals surface area contributed by atoms with E-state index < -0.39 is 13.8 Å². The molecule has 2 aromatic carbocycles. The number of rotatable bonds is 26. The van der Waals surface area contributed by atoms with Crippen LogP contribution in [0.4, 0.5) is 0 Å². The van der Waals surface area contributed by atoms with Gasteiger partial charge in [0.15, 0.2) is 0 Å². The van der Waals surface area contributed by atoms with Crippen LogP contribution < -0.4 is 15.5 Å². The topological polar surface area (TPSA) is 117 Å². The molecule has 12 heteroatoms. The number of aromatic carboxylic acids is 1. The normalized spacial score (nSPS) is 16.1. The number of carboxylic acids is 1. The van der Waals surface area contributed by atoms with Crippen LogP contribution in [0.3, 0.4) is 0 Å². The van der Waals surface area contributed by atoms with Crippen LogP contribution in [0.5, 0.6) is 0 Å². The predicted octanol–water partition coefficient (Wildman–Crippen LogP) is 8.63. The fourth-order valence-corrected chi connectivity index (χ4v) is 7.04. The van der Waals surface area contributed by atoms with Gasteiger partial charge in [0.1, 0.15) is 13.2 Å². The Hall–Kier alpha value is -1.31. The monoisotopic (exact) mass is 884 g/mol. The van der Waals surface area contributed by atoms with Crippen LogP contribution in [-0.2, 0) is 29.3 Å². The number of nitrogens with zero attached hydrogens (tertiary/aromatic N) is 1. The largest absolute Gasteiger partial charge is 0.756 e. The number of benzene rings is 2. The summed E-state index contributed by atoms with van der Waals surface area (Å²) < 4.78 is 35.7. The van der Waals surface area contributed by atoms with Gasteiger partial charge in [-0.1, -0.05) is 126 Å². The van der Waals surface area contributed by atoms with Gasteiger partial charge >= 0.3 is 7.12 Å². The Morgan fingerprint density at radius 2 is 1.09 bits per heavy atom. The molecule has 0 aromatic heterocycles. The standard InChI is InChI=1S/C35H65BNO6P.C7H5IO2/c1-34(2)35(3,4)43-36(42-34)33-27-25-32(26-28-33)24-22-20-18-16-14-12-10-8-9-11-13-15-17-19-21-23-30-40-44(38,39)41-31-29-37(5,6)7;8-6-3-1-5(2-4-6)7(9)10/h25-28H,8-24,29-31H2,1-7H3;1-4H,(H,9,10)/p-1. The lowest BCUT2D eigenvalue weighted by Gasteiger charge is -2.32. The van der Waals surface area contributed by atoms with Crippen molar-refractivity contribution < 1.29 is 42.2 Å². The number of halogens is 1. The minimum Gasteiger partial charge on any atom is -0.756 e. The van der Waals surface area contributed by atoms with Crippen LogP contribution in [0.15, 0.2) is 48.5 Å². The Balaban J connectivity index is 0.000000867. The van der Waals surface area contributed by atoms with E-state index in [1.54, 1.807) is 12.1 Å². The van der Waals surface area contributed by atoms with Crippen molar-refractivity contribution in [3.8, 4) is 0 Å². The second-order valence-corrected chi connectivity index (χ2v) is 19.3. The Morgan fingerprint density at radius 1 is 0.685 bits per heavy atom. The number of unbranched alkanes of at least 4 members (excludes halogenated alkanes) is 15. The van der Waals surface area contributed by atoms with E-state index in [9.17, 15) is 19.4 Å². The summed E-state index contributed by atoms with van der Waals surface area (Å²) >= 11 is 2.11. The molecule has 306 valence electrons. The summed E-state index contributed by atoms with van der Waals surface area (Å²) in [4.78, 5) is 22.0. The van der Waals surface area contributed by atoms with Crippen molar-refractivity contribution in [2.24, 2.45) is 0 Å². The Bertz CT molecular complexity index is 1350. The highest BCUT2D eigenvalue weighted by Gasteiger charge is 2.51. The molecule has 1 fully saturated rings. The van der Waals surface area contributed by atoms with Gasteiger partial charge in [-0.2, -0.15) is 0 Å². The minimum absolute atomic E-state index is 0.161. The number of phosphoric ester groups is 1. The molecule has 2 aromatic rings. The third kappa shape index (κ3) is 21.3. The van der Waals surface area contributed by atoms with E-state index >= 15 is 0 Å². The van der Waals surface area contributed by atoms with Gasteiger partial charge in [-0.15, -0.1) is 0 Å². The third-order valence-electron chi connectivity index (χ3n) is 10.2. The molecule has 0 N–H and O–H groups in total. The lowest BCUT2D eigenvalue weighted by Crippen LogP contribution is -2.41. The highest BCUT2D eigenvalue weighted by atomic mass is 127.